The number of benzene rings is 1. The Kier molecular flexibility index (Phi) is 5.35. The van der Waals surface area contributed by atoms with Crippen LogP contribution < -0.4 is 0 Å². The fourth-order valence-corrected chi connectivity index (χ4v) is 2.29. The fraction of sp³-hybridized carbons (Fsp3) is 0.533. The maximum absolute atomic E-state index is 11.4. The molecule has 0 saturated carbocycles. The van der Waals surface area contributed by atoms with Gasteiger partial charge in [-0.15, -0.1) is 0 Å². The third kappa shape index (κ3) is 3.33. The van der Waals surface area contributed by atoms with Gasteiger partial charge in [0.15, 0.2) is 0 Å². The van der Waals surface area contributed by atoms with Crippen molar-refractivity contribution in [1.82, 2.24) is 4.90 Å². The predicted octanol–water partition coefficient (Wildman–Crippen LogP) is 3.12. The standard InChI is InChI=1S/C15H23NO2/c1-6-11(2)14(16(3)4)12-7-9-13(10-8-12)15(17)18-5/h7-11,14H,6H2,1-5H3/t11-,14?/m1/s1. The summed E-state index contributed by atoms with van der Waals surface area (Å²) in [5.74, 6) is 0.287. The van der Waals surface area contributed by atoms with E-state index in [2.05, 4.69) is 32.8 Å². The molecule has 0 saturated heterocycles. The maximum Gasteiger partial charge on any atom is 0.337 e. The Morgan fingerprint density at radius 2 is 1.83 bits per heavy atom. The van der Waals surface area contributed by atoms with Crippen LogP contribution in [-0.4, -0.2) is 32.1 Å². The van der Waals surface area contributed by atoms with Crippen LogP contribution in [0.2, 0.25) is 0 Å². The summed E-state index contributed by atoms with van der Waals surface area (Å²) in [6.07, 6.45) is 1.13. The molecule has 2 atom stereocenters. The molecule has 100 valence electrons. The fourth-order valence-electron chi connectivity index (χ4n) is 2.29. The molecule has 0 aromatic heterocycles. The zero-order valence-corrected chi connectivity index (χ0v) is 11.9. The van der Waals surface area contributed by atoms with E-state index in [0.29, 0.717) is 17.5 Å². The van der Waals surface area contributed by atoms with Gasteiger partial charge in [0.05, 0.1) is 12.7 Å². The number of carbonyl (C=O) groups excluding carboxylic acids is 1. The molecule has 18 heavy (non-hydrogen) atoms. The molecule has 3 heteroatoms. The van der Waals surface area contributed by atoms with E-state index >= 15 is 0 Å². The zero-order valence-electron chi connectivity index (χ0n) is 11.9. The lowest BCUT2D eigenvalue weighted by Gasteiger charge is -2.30. The number of nitrogens with zero attached hydrogens (tertiary/aromatic N) is 1. The van der Waals surface area contributed by atoms with Crippen LogP contribution >= 0.6 is 0 Å². The van der Waals surface area contributed by atoms with Crippen molar-refractivity contribution in [3.05, 3.63) is 35.4 Å². The van der Waals surface area contributed by atoms with E-state index in [1.807, 2.05) is 24.3 Å². The van der Waals surface area contributed by atoms with Crippen LogP contribution in [0.3, 0.4) is 0 Å². The Bertz CT molecular complexity index is 384. The second-order valence-electron chi connectivity index (χ2n) is 4.91. The highest BCUT2D eigenvalue weighted by Crippen LogP contribution is 2.28. The van der Waals surface area contributed by atoms with E-state index in [9.17, 15) is 4.79 Å². The molecule has 0 fully saturated rings. The van der Waals surface area contributed by atoms with Crippen LogP contribution in [0.4, 0.5) is 0 Å². The lowest BCUT2D eigenvalue weighted by Crippen LogP contribution is -2.25. The van der Waals surface area contributed by atoms with Gasteiger partial charge in [-0.3, -0.25) is 0 Å². The molecule has 0 radical (unpaired) electrons. The molecule has 1 unspecified atom stereocenters. The molecular formula is C15H23NO2. The second kappa shape index (κ2) is 6.55. The van der Waals surface area contributed by atoms with E-state index in [4.69, 9.17) is 4.74 Å². The predicted molar refractivity (Wildman–Crippen MR) is 73.7 cm³/mol. The zero-order chi connectivity index (χ0) is 13.7. The van der Waals surface area contributed by atoms with Gasteiger partial charge in [0.25, 0.3) is 0 Å². The molecule has 3 nitrogen and oxygen atoms in total. The van der Waals surface area contributed by atoms with Gasteiger partial charge in [0.1, 0.15) is 0 Å². The molecular weight excluding hydrogens is 226 g/mol. The van der Waals surface area contributed by atoms with E-state index in [-0.39, 0.29) is 5.97 Å². The molecule has 0 spiro atoms. The van der Waals surface area contributed by atoms with Crippen molar-refractivity contribution >= 4 is 5.97 Å². The smallest absolute Gasteiger partial charge is 0.337 e. The van der Waals surface area contributed by atoms with Crippen molar-refractivity contribution < 1.29 is 9.53 Å². The first kappa shape index (κ1) is 14.7. The SMILES string of the molecule is CC[C@@H](C)C(c1ccc(C(=O)OC)cc1)N(C)C. The summed E-state index contributed by atoms with van der Waals surface area (Å²) >= 11 is 0. The lowest BCUT2D eigenvalue weighted by atomic mass is 9.91. The summed E-state index contributed by atoms with van der Waals surface area (Å²) in [4.78, 5) is 13.6. The van der Waals surface area contributed by atoms with Crippen molar-refractivity contribution in [2.45, 2.75) is 26.3 Å². The van der Waals surface area contributed by atoms with E-state index in [1.54, 1.807) is 0 Å². The van der Waals surface area contributed by atoms with E-state index in [1.165, 1.54) is 12.7 Å². The Morgan fingerprint density at radius 3 is 2.22 bits per heavy atom. The summed E-state index contributed by atoms with van der Waals surface area (Å²) in [5, 5.41) is 0. The number of hydrogen-bond donors (Lipinski definition) is 0. The van der Waals surface area contributed by atoms with Crippen molar-refractivity contribution in [3.63, 3.8) is 0 Å². The summed E-state index contributed by atoms with van der Waals surface area (Å²) in [6.45, 7) is 4.45. The first-order valence-electron chi connectivity index (χ1n) is 6.36. The first-order chi connectivity index (χ1) is 8.51. The van der Waals surface area contributed by atoms with Crippen molar-refractivity contribution in [3.8, 4) is 0 Å². The first-order valence-corrected chi connectivity index (χ1v) is 6.36. The summed E-state index contributed by atoms with van der Waals surface area (Å²) in [7, 11) is 5.58. The van der Waals surface area contributed by atoms with Crippen LogP contribution in [0.15, 0.2) is 24.3 Å². The molecule has 0 bridgehead atoms. The van der Waals surface area contributed by atoms with Gasteiger partial charge in [-0.05, 0) is 37.7 Å². The summed E-state index contributed by atoms with van der Waals surface area (Å²) in [6, 6.07) is 8.08. The number of rotatable bonds is 5. The maximum atomic E-state index is 11.4. The number of esters is 1. The van der Waals surface area contributed by atoms with Crippen molar-refractivity contribution in [2.75, 3.05) is 21.2 Å². The van der Waals surface area contributed by atoms with Gasteiger partial charge in [0.2, 0.25) is 0 Å². The van der Waals surface area contributed by atoms with Gasteiger partial charge in [0, 0.05) is 6.04 Å². The minimum absolute atomic E-state index is 0.286. The average molecular weight is 249 g/mol. The third-order valence-electron chi connectivity index (χ3n) is 3.41. The molecule has 0 aliphatic rings. The Morgan fingerprint density at radius 1 is 1.28 bits per heavy atom. The highest BCUT2D eigenvalue weighted by molar-refractivity contribution is 5.89. The van der Waals surface area contributed by atoms with Crippen molar-refractivity contribution in [1.29, 1.82) is 0 Å². The van der Waals surface area contributed by atoms with Crippen LogP contribution in [0.1, 0.15) is 42.2 Å². The summed E-state index contributed by atoms with van der Waals surface area (Å²) < 4.78 is 4.70. The number of ether oxygens (including phenoxy) is 1. The molecule has 0 aliphatic heterocycles. The third-order valence-corrected chi connectivity index (χ3v) is 3.41. The van der Waals surface area contributed by atoms with Crippen molar-refractivity contribution in [2.24, 2.45) is 5.92 Å². The highest BCUT2D eigenvalue weighted by Gasteiger charge is 2.20. The van der Waals surface area contributed by atoms with E-state index < -0.39 is 0 Å². The minimum Gasteiger partial charge on any atom is -0.465 e. The van der Waals surface area contributed by atoms with Crippen LogP contribution in [0, 0.1) is 5.92 Å². The van der Waals surface area contributed by atoms with Gasteiger partial charge in [-0.2, -0.15) is 0 Å². The number of hydrogen-bond acceptors (Lipinski definition) is 3. The molecule has 0 amide bonds. The second-order valence-corrected chi connectivity index (χ2v) is 4.91. The molecule has 0 aliphatic carbocycles. The van der Waals surface area contributed by atoms with E-state index in [0.717, 1.165) is 6.42 Å². The number of carbonyl (C=O) groups is 1. The lowest BCUT2D eigenvalue weighted by molar-refractivity contribution is 0.0600. The van der Waals surface area contributed by atoms with Gasteiger partial charge >= 0.3 is 5.97 Å². The average Bonchev–Trinajstić information content (AvgIpc) is 2.38. The number of methoxy groups -OCH3 is 1. The van der Waals surface area contributed by atoms with Gasteiger partial charge < -0.3 is 9.64 Å². The molecule has 1 rings (SSSR count). The molecule has 1 aromatic rings. The van der Waals surface area contributed by atoms with Crippen LogP contribution in [-0.2, 0) is 4.74 Å². The van der Waals surface area contributed by atoms with Gasteiger partial charge in [-0.1, -0.05) is 32.4 Å². The largest absolute Gasteiger partial charge is 0.465 e. The molecule has 0 N–H and O–H groups in total. The monoisotopic (exact) mass is 249 g/mol. The van der Waals surface area contributed by atoms with Crippen LogP contribution in [0.25, 0.3) is 0 Å². The van der Waals surface area contributed by atoms with Crippen LogP contribution in [0.5, 0.6) is 0 Å². The molecule has 0 heterocycles. The Hall–Kier alpha value is -1.35. The van der Waals surface area contributed by atoms with Gasteiger partial charge in [-0.25, -0.2) is 4.79 Å². The quantitative estimate of drug-likeness (QED) is 0.751. The summed E-state index contributed by atoms with van der Waals surface area (Å²) in [5.41, 5.74) is 1.84. The normalized spacial score (nSPS) is 14.3. The Balaban J connectivity index is 2.97. The highest BCUT2D eigenvalue weighted by atomic mass is 16.5. The molecule has 1 aromatic carbocycles. The Labute approximate surface area is 110 Å². The topological polar surface area (TPSA) is 29.5 Å². The minimum atomic E-state index is -0.286.